The van der Waals surface area contributed by atoms with Gasteiger partial charge in [0.15, 0.2) is 0 Å². The minimum absolute atomic E-state index is 0.0558. The summed E-state index contributed by atoms with van der Waals surface area (Å²) in [5, 5.41) is 8.83. The van der Waals surface area contributed by atoms with Crippen molar-refractivity contribution in [1.82, 2.24) is 0 Å². The van der Waals surface area contributed by atoms with E-state index in [9.17, 15) is 4.79 Å². The zero-order valence-corrected chi connectivity index (χ0v) is 9.79. The highest BCUT2D eigenvalue weighted by atomic mass is 16.5. The van der Waals surface area contributed by atoms with Gasteiger partial charge < -0.3 is 9.84 Å². The molecule has 0 saturated heterocycles. The van der Waals surface area contributed by atoms with E-state index in [4.69, 9.17) is 9.84 Å². The summed E-state index contributed by atoms with van der Waals surface area (Å²) >= 11 is 0. The Morgan fingerprint density at radius 3 is 2.53 bits per heavy atom. The SMILES string of the molecule is C=C(C)C(=O)OC(CCO)CCCCC. The zero-order chi connectivity index (χ0) is 11.7. The van der Waals surface area contributed by atoms with E-state index >= 15 is 0 Å². The summed E-state index contributed by atoms with van der Waals surface area (Å²) in [5.41, 5.74) is 0.411. The molecule has 0 aliphatic carbocycles. The monoisotopic (exact) mass is 214 g/mol. The fourth-order valence-electron chi connectivity index (χ4n) is 1.28. The van der Waals surface area contributed by atoms with Crippen molar-refractivity contribution in [3.63, 3.8) is 0 Å². The van der Waals surface area contributed by atoms with E-state index in [0.29, 0.717) is 12.0 Å². The second-order valence-electron chi connectivity index (χ2n) is 3.82. The normalized spacial score (nSPS) is 12.2. The molecule has 3 nitrogen and oxygen atoms in total. The molecule has 0 radical (unpaired) electrons. The molecule has 0 bridgehead atoms. The van der Waals surface area contributed by atoms with Crippen LogP contribution in [0.4, 0.5) is 0 Å². The molecule has 1 atom stereocenters. The largest absolute Gasteiger partial charge is 0.459 e. The number of unbranched alkanes of at least 4 members (excludes halogenated alkanes) is 2. The molecule has 0 aliphatic heterocycles. The topological polar surface area (TPSA) is 46.5 Å². The number of esters is 1. The Bertz CT molecular complexity index is 199. The molecule has 0 amide bonds. The van der Waals surface area contributed by atoms with Gasteiger partial charge in [-0.15, -0.1) is 0 Å². The van der Waals surface area contributed by atoms with Crippen LogP contribution < -0.4 is 0 Å². The summed E-state index contributed by atoms with van der Waals surface area (Å²) in [4.78, 5) is 11.3. The van der Waals surface area contributed by atoms with Gasteiger partial charge in [-0.05, 0) is 19.8 Å². The molecule has 0 fully saturated rings. The average molecular weight is 214 g/mol. The molecule has 0 aromatic heterocycles. The summed E-state index contributed by atoms with van der Waals surface area (Å²) in [7, 11) is 0. The van der Waals surface area contributed by atoms with Crippen molar-refractivity contribution in [2.24, 2.45) is 0 Å². The third-order valence-electron chi connectivity index (χ3n) is 2.20. The van der Waals surface area contributed by atoms with Crippen molar-refractivity contribution in [3.8, 4) is 0 Å². The van der Waals surface area contributed by atoms with Gasteiger partial charge in [0.25, 0.3) is 0 Å². The highest BCUT2D eigenvalue weighted by molar-refractivity contribution is 5.87. The molecule has 88 valence electrons. The van der Waals surface area contributed by atoms with Gasteiger partial charge in [0.1, 0.15) is 6.10 Å². The van der Waals surface area contributed by atoms with E-state index in [2.05, 4.69) is 13.5 Å². The number of aliphatic hydroxyl groups is 1. The van der Waals surface area contributed by atoms with Gasteiger partial charge in [-0.25, -0.2) is 4.79 Å². The second-order valence-corrected chi connectivity index (χ2v) is 3.82. The predicted molar refractivity (Wildman–Crippen MR) is 60.5 cm³/mol. The molecule has 0 aliphatic rings. The van der Waals surface area contributed by atoms with Crippen LogP contribution in [0.2, 0.25) is 0 Å². The van der Waals surface area contributed by atoms with Crippen molar-refractivity contribution < 1.29 is 14.6 Å². The summed E-state index contributed by atoms with van der Waals surface area (Å²) < 4.78 is 5.20. The van der Waals surface area contributed by atoms with E-state index in [1.165, 1.54) is 0 Å². The maximum absolute atomic E-state index is 11.3. The van der Waals surface area contributed by atoms with Crippen molar-refractivity contribution >= 4 is 5.97 Å². The van der Waals surface area contributed by atoms with E-state index in [1.807, 2.05) is 0 Å². The molecule has 1 N–H and O–H groups in total. The Labute approximate surface area is 92.1 Å². The lowest BCUT2D eigenvalue weighted by Crippen LogP contribution is -2.19. The first kappa shape index (κ1) is 14.2. The van der Waals surface area contributed by atoms with Crippen LogP contribution in [0.25, 0.3) is 0 Å². The van der Waals surface area contributed by atoms with Crippen molar-refractivity contribution in [1.29, 1.82) is 0 Å². The van der Waals surface area contributed by atoms with Gasteiger partial charge in [0.05, 0.1) is 0 Å². The van der Waals surface area contributed by atoms with Gasteiger partial charge in [-0.3, -0.25) is 0 Å². The summed E-state index contributed by atoms with van der Waals surface area (Å²) in [6.45, 7) is 7.34. The van der Waals surface area contributed by atoms with Crippen molar-refractivity contribution in [2.45, 2.75) is 52.1 Å². The summed E-state index contributed by atoms with van der Waals surface area (Å²) in [5.74, 6) is -0.357. The lowest BCUT2D eigenvalue weighted by molar-refractivity contribution is -0.145. The first-order chi connectivity index (χ1) is 7.11. The second kappa shape index (κ2) is 8.48. The van der Waals surface area contributed by atoms with Crippen LogP contribution in [-0.2, 0) is 9.53 Å². The molecule has 0 heterocycles. The van der Waals surface area contributed by atoms with Crippen LogP contribution in [-0.4, -0.2) is 23.8 Å². The minimum Gasteiger partial charge on any atom is -0.459 e. The molecule has 0 aromatic carbocycles. The van der Waals surface area contributed by atoms with Crippen LogP contribution in [0.1, 0.15) is 46.0 Å². The quantitative estimate of drug-likeness (QED) is 0.383. The van der Waals surface area contributed by atoms with Gasteiger partial charge in [0, 0.05) is 18.6 Å². The van der Waals surface area contributed by atoms with E-state index in [0.717, 1.165) is 25.7 Å². The Morgan fingerprint density at radius 1 is 1.40 bits per heavy atom. The molecule has 1 unspecified atom stereocenters. The molecule has 15 heavy (non-hydrogen) atoms. The molecule has 0 saturated carbocycles. The molecular weight excluding hydrogens is 192 g/mol. The van der Waals surface area contributed by atoms with Gasteiger partial charge in [-0.2, -0.15) is 0 Å². The highest BCUT2D eigenvalue weighted by Gasteiger charge is 2.13. The van der Waals surface area contributed by atoms with Gasteiger partial charge >= 0.3 is 5.97 Å². The number of carbonyl (C=O) groups excluding carboxylic acids is 1. The van der Waals surface area contributed by atoms with Gasteiger partial charge in [0.2, 0.25) is 0 Å². The van der Waals surface area contributed by atoms with Crippen LogP contribution in [0.15, 0.2) is 12.2 Å². The van der Waals surface area contributed by atoms with Crippen molar-refractivity contribution in [3.05, 3.63) is 12.2 Å². The molecule has 0 rings (SSSR count). The van der Waals surface area contributed by atoms with Crippen molar-refractivity contribution in [2.75, 3.05) is 6.61 Å². The predicted octanol–water partition coefficient (Wildman–Crippen LogP) is 2.44. The lowest BCUT2D eigenvalue weighted by Gasteiger charge is -2.16. The Kier molecular flexibility index (Phi) is 8.01. The van der Waals surface area contributed by atoms with Gasteiger partial charge in [-0.1, -0.05) is 26.3 Å². The summed E-state index contributed by atoms with van der Waals surface area (Å²) in [6, 6.07) is 0. The maximum atomic E-state index is 11.3. The molecule has 3 heteroatoms. The molecule has 0 spiro atoms. The maximum Gasteiger partial charge on any atom is 0.333 e. The highest BCUT2D eigenvalue weighted by Crippen LogP contribution is 2.11. The first-order valence-electron chi connectivity index (χ1n) is 5.59. The number of ether oxygens (including phenoxy) is 1. The van der Waals surface area contributed by atoms with Crippen LogP contribution >= 0.6 is 0 Å². The number of hydrogen-bond donors (Lipinski definition) is 1. The smallest absolute Gasteiger partial charge is 0.333 e. The third kappa shape index (κ3) is 7.14. The standard InChI is InChI=1S/C12H22O3/c1-4-5-6-7-11(8-9-13)15-12(14)10(2)3/h11,13H,2,4-9H2,1,3H3. The van der Waals surface area contributed by atoms with E-state index in [-0.39, 0.29) is 18.7 Å². The molecule has 0 aromatic rings. The first-order valence-corrected chi connectivity index (χ1v) is 5.59. The Hall–Kier alpha value is -0.830. The molecular formula is C12H22O3. The Morgan fingerprint density at radius 2 is 2.07 bits per heavy atom. The zero-order valence-electron chi connectivity index (χ0n) is 9.79. The van der Waals surface area contributed by atoms with E-state index < -0.39 is 0 Å². The fourth-order valence-corrected chi connectivity index (χ4v) is 1.28. The van der Waals surface area contributed by atoms with E-state index in [1.54, 1.807) is 6.92 Å². The Balaban J connectivity index is 3.91. The fraction of sp³-hybridized carbons (Fsp3) is 0.750. The number of aliphatic hydroxyl groups excluding tert-OH is 1. The van der Waals surface area contributed by atoms with Crippen LogP contribution in [0.3, 0.4) is 0 Å². The lowest BCUT2D eigenvalue weighted by atomic mass is 10.1. The number of hydrogen-bond acceptors (Lipinski definition) is 3. The number of carbonyl (C=O) groups is 1. The average Bonchev–Trinajstić information content (AvgIpc) is 2.18. The number of rotatable bonds is 8. The van der Waals surface area contributed by atoms with Crippen LogP contribution in [0.5, 0.6) is 0 Å². The summed E-state index contributed by atoms with van der Waals surface area (Å²) in [6.07, 6.45) is 4.49. The minimum atomic E-state index is -0.357. The third-order valence-corrected chi connectivity index (χ3v) is 2.20. The van der Waals surface area contributed by atoms with Crippen LogP contribution in [0, 0.1) is 0 Å².